The minimum absolute atomic E-state index is 0.0116. The number of methoxy groups -OCH3 is 3. The SMILES string of the molecule is COc1ccc(C(NC(=O)COC(=O)Cc2ccccc2OC)c2ccc(OC)cc2)cc1. The minimum atomic E-state index is -0.514. The van der Waals surface area contributed by atoms with Gasteiger partial charge in [0.05, 0.1) is 33.8 Å². The Hall–Kier alpha value is -4.00. The van der Waals surface area contributed by atoms with Crippen molar-refractivity contribution in [2.75, 3.05) is 27.9 Å². The number of hydrogen-bond donors (Lipinski definition) is 1. The van der Waals surface area contributed by atoms with Crippen LogP contribution in [0.15, 0.2) is 72.8 Å². The maximum Gasteiger partial charge on any atom is 0.310 e. The molecule has 0 aliphatic rings. The normalized spacial score (nSPS) is 10.4. The number of ether oxygens (including phenoxy) is 4. The Balaban J connectivity index is 1.68. The second-order valence-corrected chi connectivity index (χ2v) is 7.20. The third-order valence-electron chi connectivity index (χ3n) is 5.10. The summed E-state index contributed by atoms with van der Waals surface area (Å²) in [5.74, 6) is 1.09. The zero-order valence-electron chi connectivity index (χ0n) is 18.9. The van der Waals surface area contributed by atoms with Gasteiger partial charge >= 0.3 is 5.97 Å². The van der Waals surface area contributed by atoms with E-state index >= 15 is 0 Å². The number of para-hydroxylation sites is 1. The fourth-order valence-electron chi connectivity index (χ4n) is 3.36. The first kappa shape index (κ1) is 23.7. The lowest BCUT2D eigenvalue weighted by Crippen LogP contribution is -2.33. The monoisotopic (exact) mass is 449 g/mol. The number of nitrogens with one attached hydrogen (secondary N) is 1. The summed E-state index contributed by atoms with van der Waals surface area (Å²) in [5.41, 5.74) is 2.41. The number of amides is 1. The van der Waals surface area contributed by atoms with Gasteiger partial charge in [-0.05, 0) is 41.5 Å². The number of carbonyl (C=O) groups is 2. The summed E-state index contributed by atoms with van der Waals surface area (Å²) in [6.45, 7) is -0.392. The highest BCUT2D eigenvalue weighted by molar-refractivity contribution is 5.82. The Bertz CT molecular complexity index is 1020. The molecule has 0 aliphatic carbocycles. The van der Waals surface area contributed by atoms with Crippen LogP contribution in [0.5, 0.6) is 17.2 Å². The van der Waals surface area contributed by atoms with E-state index in [4.69, 9.17) is 18.9 Å². The molecule has 0 aliphatic heterocycles. The lowest BCUT2D eigenvalue weighted by Gasteiger charge is -2.20. The van der Waals surface area contributed by atoms with Gasteiger partial charge in [-0.1, -0.05) is 42.5 Å². The average molecular weight is 450 g/mol. The highest BCUT2D eigenvalue weighted by Crippen LogP contribution is 2.26. The molecule has 1 amide bonds. The van der Waals surface area contributed by atoms with Gasteiger partial charge in [-0.15, -0.1) is 0 Å². The summed E-state index contributed by atoms with van der Waals surface area (Å²) in [4.78, 5) is 24.9. The van der Waals surface area contributed by atoms with Crippen molar-refractivity contribution in [3.05, 3.63) is 89.5 Å². The molecular formula is C26H27NO6. The zero-order chi connectivity index (χ0) is 23.6. The molecule has 3 aromatic rings. The van der Waals surface area contributed by atoms with Crippen LogP contribution in [-0.4, -0.2) is 39.8 Å². The Labute approximate surface area is 193 Å². The van der Waals surface area contributed by atoms with E-state index in [1.54, 1.807) is 26.4 Å². The minimum Gasteiger partial charge on any atom is -0.497 e. The highest BCUT2D eigenvalue weighted by atomic mass is 16.5. The summed E-state index contributed by atoms with van der Waals surface area (Å²) >= 11 is 0. The number of benzene rings is 3. The van der Waals surface area contributed by atoms with Crippen molar-refractivity contribution in [1.29, 1.82) is 0 Å². The summed E-state index contributed by atoms with van der Waals surface area (Å²) in [7, 11) is 4.73. The molecular weight excluding hydrogens is 422 g/mol. The Kier molecular flexibility index (Phi) is 8.30. The Morgan fingerprint density at radius 3 is 1.82 bits per heavy atom. The predicted octanol–water partition coefficient (Wildman–Crippen LogP) is 3.70. The van der Waals surface area contributed by atoms with Crippen molar-refractivity contribution >= 4 is 11.9 Å². The maximum absolute atomic E-state index is 12.7. The smallest absolute Gasteiger partial charge is 0.310 e. The molecule has 172 valence electrons. The van der Waals surface area contributed by atoms with Crippen molar-refractivity contribution in [3.63, 3.8) is 0 Å². The van der Waals surface area contributed by atoms with Crippen LogP contribution >= 0.6 is 0 Å². The van der Waals surface area contributed by atoms with Crippen LogP contribution < -0.4 is 19.5 Å². The topological polar surface area (TPSA) is 83.1 Å². The summed E-state index contributed by atoms with van der Waals surface area (Å²) in [6, 6.07) is 21.5. The first-order valence-electron chi connectivity index (χ1n) is 10.4. The van der Waals surface area contributed by atoms with Crippen LogP contribution in [0.3, 0.4) is 0 Å². The fraction of sp³-hybridized carbons (Fsp3) is 0.231. The lowest BCUT2D eigenvalue weighted by molar-refractivity contribution is -0.148. The van der Waals surface area contributed by atoms with Crippen LogP contribution in [0.2, 0.25) is 0 Å². The van der Waals surface area contributed by atoms with Crippen molar-refractivity contribution in [2.45, 2.75) is 12.5 Å². The molecule has 0 aromatic heterocycles. The fourth-order valence-corrected chi connectivity index (χ4v) is 3.36. The molecule has 1 N–H and O–H groups in total. The van der Waals surface area contributed by atoms with Crippen molar-refractivity contribution in [1.82, 2.24) is 5.32 Å². The standard InChI is InChI=1S/C26H27NO6/c1-30-21-12-8-18(9-13-21)26(19-10-14-22(31-2)15-11-19)27-24(28)17-33-25(29)16-20-6-4-5-7-23(20)32-3/h4-15,26H,16-17H2,1-3H3,(H,27,28). The predicted molar refractivity (Wildman–Crippen MR) is 124 cm³/mol. The molecule has 0 radical (unpaired) electrons. The average Bonchev–Trinajstić information content (AvgIpc) is 2.86. The van der Waals surface area contributed by atoms with Gasteiger partial charge in [-0.25, -0.2) is 0 Å². The molecule has 0 spiro atoms. The maximum atomic E-state index is 12.7. The first-order valence-corrected chi connectivity index (χ1v) is 10.4. The van der Waals surface area contributed by atoms with E-state index in [0.717, 1.165) is 11.1 Å². The zero-order valence-corrected chi connectivity index (χ0v) is 18.9. The van der Waals surface area contributed by atoms with Gasteiger partial charge < -0.3 is 24.3 Å². The first-order chi connectivity index (χ1) is 16.0. The molecule has 0 unspecified atom stereocenters. The van der Waals surface area contributed by atoms with Crippen molar-refractivity contribution in [2.24, 2.45) is 0 Å². The van der Waals surface area contributed by atoms with E-state index in [1.807, 2.05) is 60.7 Å². The molecule has 7 nitrogen and oxygen atoms in total. The molecule has 0 heterocycles. The van der Waals surface area contributed by atoms with Gasteiger partial charge in [0.25, 0.3) is 5.91 Å². The highest BCUT2D eigenvalue weighted by Gasteiger charge is 2.19. The number of hydrogen-bond acceptors (Lipinski definition) is 6. The number of carbonyl (C=O) groups excluding carboxylic acids is 2. The van der Waals surface area contributed by atoms with Gasteiger partial charge in [0.2, 0.25) is 0 Å². The van der Waals surface area contributed by atoms with Gasteiger partial charge in [0, 0.05) is 5.56 Å². The van der Waals surface area contributed by atoms with Crippen molar-refractivity contribution < 1.29 is 28.5 Å². The van der Waals surface area contributed by atoms with Crippen LogP contribution in [0, 0.1) is 0 Å². The largest absolute Gasteiger partial charge is 0.497 e. The van der Waals surface area contributed by atoms with Crippen LogP contribution in [0.25, 0.3) is 0 Å². The van der Waals surface area contributed by atoms with E-state index in [-0.39, 0.29) is 6.42 Å². The van der Waals surface area contributed by atoms with Gasteiger partial charge in [0.15, 0.2) is 6.61 Å². The second-order valence-electron chi connectivity index (χ2n) is 7.20. The number of rotatable bonds is 10. The molecule has 0 bridgehead atoms. The molecule has 0 saturated heterocycles. The molecule has 0 fully saturated rings. The van der Waals surface area contributed by atoms with E-state index in [9.17, 15) is 9.59 Å². The van der Waals surface area contributed by atoms with Crippen LogP contribution in [0.4, 0.5) is 0 Å². The number of esters is 1. The van der Waals surface area contributed by atoms with E-state index in [0.29, 0.717) is 22.8 Å². The van der Waals surface area contributed by atoms with Gasteiger partial charge in [-0.3, -0.25) is 9.59 Å². The lowest BCUT2D eigenvalue weighted by atomic mass is 9.98. The molecule has 3 rings (SSSR count). The molecule has 33 heavy (non-hydrogen) atoms. The third-order valence-corrected chi connectivity index (χ3v) is 5.10. The molecule has 0 atom stereocenters. The van der Waals surface area contributed by atoms with Gasteiger partial charge in [-0.2, -0.15) is 0 Å². The molecule has 0 saturated carbocycles. The molecule has 7 heteroatoms. The summed E-state index contributed by atoms with van der Waals surface area (Å²) in [6.07, 6.45) is 0.0116. The summed E-state index contributed by atoms with van der Waals surface area (Å²) in [5, 5.41) is 2.94. The van der Waals surface area contributed by atoms with E-state index in [2.05, 4.69) is 5.32 Å². The quantitative estimate of drug-likeness (QED) is 0.475. The van der Waals surface area contributed by atoms with E-state index < -0.39 is 24.5 Å². The van der Waals surface area contributed by atoms with Crippen molar-refractivity contribution in [3.8, 4) is 17.2 Å². The van der Waals surface area contributed by atoms with Crippen LogP contribution in [0.1, 0.15) is 22.7 Å². The Morgan fingerprint density at radius 1 is 0.758 bits per heavy atom. The second kappa shape index (κ2) is 11.6. The Morgan fingerprint density at radius 2 is 1.30 bits per heavy atom. The molecule has 3 aromatic carbocycles. The summed E-state index contributed by atoms with van der Waals surface area (Å²) < 4.78 is 20.9. The van der Waals surface area contributed by atoms with E-state index in [1.165, 1.54) is 7.11 Å². The van der Waals surface area contributed by atoms with Crippen LogP contribution in [-0.2, 0) is 20.7 Å². The third kappa shape index (κ3) is 6.49. The van der Waals surface area contributed by atoms with Gasteiger partial charge in [0.1, 0.15) is 17.2 Å².